The van der Waals surface area contributed by atoms with Gasteiger partial charge >= 0.3 is 0 Å². The molecule has 1 N–H and O–H groups in total. The molecule has 0 bridgehead atoms. The van der Waals surface area contributed by atoms with Gasteiger partial charge in [0.2, 0.25) is 0 Å². The van der Waals surface area contributed by atoms with Crippen molar-refractivity contribution in [2.45, 2.75) is 0 Å². The SMILES string of the molecule is Cl.N#Cc1cn[nH]c1. The molecule has 1 aromatic rings. The summed E-state index contributed by atoms with van der Waals surface area (Å²) in [6, 6.07) is 1.91. The normalized spacial score (nSPS) is 6.88. The smallest absolute Gasteiger partial charge is 0.102 e. The molecule has 0 atom stereocenters. The van der Waals surface area contributed by atoms with Crippen molar-refractivity contribution in [2.24, 2.45) is 0 Å². The zero-order valence-corrected chi connectivity index (χ0v) is 4.77. The van der Waals surface area contributed by atoms with Crippen molar-refractivity contribution in [2.75, 3.05) is 0 Å². The zero-order valence-electron chi connectivity index (χ0n) is 3.96. The molecule has 0 saturated heterocycles. The first-order valence-electron chi connectivity index (χ1n) is 1.82. The molecule has 0 aliphatic rings. The lowest BCUT2D eigenvalue weighted by Gasteiger charge is -1.59. The lowest BCUT2D eigenvalue weighted by atomic mass is 10.4. The zero-order chi connectivity index (χ0) is 5.11. The molecule has 42 valence electrons. The summed E-state index contributed by atoms with van der Waals surface area (Å²) in [5.41, 5.74) is 0.569. The van der Waals surface area contributed by atoms with Gasteiger partial charge in [-0.1, -0.05) is 0 Å². The van der Waals surface area contributed by atoms with E-state index < -0.39 is 0 Å². The highest BCUT2D eigenvalue weighted by atomic mass is 35.5. The van der Waals surface area contributed by atoms with Crippen LogP contribution in [0.4, 0.5) is 0 Å². The minimum absolute atomic E-state index is 0. The highest BCUT2D eigenvalue weighted by molar-refractivity contribution is 5.85. The van der Waals surface area contributed by atoms with Crippen molar-refractivity contribution in [1.29, 1.82) is 5.26 Å². The van der Waals surface area contributed by atoms with Crippen LogP contribution in [0, 0.1) is 11.3 Å². The molecule has 1 aromatic heterocycles. The van der Waals surface area contributed by atoms with Crippen LogP contribution in [0.1, 0.15) is 5.56 Å². The minimum atomic E-state index is 0. The number of aromatic amines is 1. The third-order valence-electron chi connectivity index (χ3n) is 0.627. The quantitative estimate of drug-likeness (QED) is 0.561. The molecule has 1 rings (SSSR count). The summed E-state index contributed by atoms with van der Waals surface area (Å²) in [5.74, 6) is 0. The van der Waals surface area contributed by atoms with Gasteiger partial charge in [-0.3, -0.25) is 5.10 Å². The fourth-order valence-corrected chi connectivity index (χ4v) is 0.312. The summed E-state index contributed by atoms with van der Waals surface area (Å²) in [7, 11) is 0. The molecule has 0 amide bonds. The van der Waals surface area contributed by atoms with Gasteiger partial charge in [-0.25, -0.2) is 0 Å². The number of hydrogen-bond acceptors (Lipinski definition) is 2. The maximum atomic E-state index is 8.12. The molecule has 0 saturated carbocycles. The number of rotatable bonds is 0. The summed E-state index contributed by atoms with van der Waals surface area (Å²) < 4.78 is 0. The molecule has 0 radical (unpaired) electrons. The van der Waals surface area contributed by atoms with E-state index in [2.05, 4.69) is 10.2 Å². The van der Waals surface area contributed by atoms with Crippen LogP contribution >= 0.6 is 12.4 Å². The van der Waals surface area contributed by atoms with Crippen LogP contribution < -0.4 is 0 Å². The number of halogens is 1. The van der Waals surface area contributed by atoms with Crippen LogP contribution in [0.2, 0.25) is 0 Å². The predicted molar refractivity (Wildman–Crippen MR) is 30.6 cm³/mol. The Morgan fingerprint density at radius 2 is 2.50 bits per heavy atom. The van der Waals surface area contributed by atoms with Gasteiger partial charge in [0.05, 0.1) is 11.8 Å². The van der Waals surface area contributed by atoms with E-state index in [0.29, 0.717) is 5.56 Å². The summed E-state index contributed by atoms with van der Waals surface area (Å²) >= 11 is 0. The Hall–Kier alpha value is -1.01. The number of nitrogens with zero attached hydrogens (tertiary/aromatic N) is 2. The Morgan fingerprint density at radius 1 is 1.75 bits per heavy atom. The molecule has 0 aromatic carbocycles. The highest BCUT2D eigenvalue weighted by Gasteiger charge is 1.82. The second-order valence-electron chi connectivity index (χ2n) is 1.10. The Kier molecular flexibility index (Phi) is 2.67. The molecule has 0 aliphatic carbocycles. The fourth-order valence-electron chi connectivity index (χ4n) is 0.312. The molecule has 0 unspecified atom stereocenters. The van der Waals surface area contributed by atoms with Gasteiger partial charge in [0.15, 0.2) is 0 Å². The topological polar surface area (TPSA) is 52.5 Å². The fraction of sp³-hybridized carbons (Fsp3) is 0. The van der Waals surface area contributed by atoms with E-state index in [1.54, 1.807) is 6.20 Å². The summed E-state index contributed by atoms with van der Waals surface area (Å²) in [5, 5.41) is 14.2. The monoisotopic (exact) mass is 129 g/mol. The number of aromatic nitrogens is 2. The van der Waals surface area contributed by atoms with Gasteiger partial charge in [0.25, 0.3) is 0 Å². The van der Waals surface area contributed by atoms with Crippen LogP contribution in [0.15, 0.2) is 12.4 Å². The van der Waals surface area contributed by atoms with Gasteiger partial charge in [0.1, 0.15) is 6.07 Å². The van der Waals surface area contributed by atoms with Gasteiger partial charge in [-0.15, -0.1) is 12.4 Å². The maximum absolute atomic E-state index is 8.12. The van der Waals surface area contributed by atoms with E-state index in [4.69, 9.17) is 5.26 Å². The third kappa shape index (κ3) is 1.24. The molecular formula is C4H4ClN3. The van der Waals surface area contributed by atoms with E-state index >= 15 is 0 Å². The first-order chi connectivity index (χ1) is 3.43. The van der Waals surface area contributed by atoms with Gasteiger partial charge in [0, 0.05) is 6.20 Å². The Labute approximate surface area is 52.7 Å². The van der Waals surface area contributed by atoms with Crippen molar-refractivity contribution < 1.29 is 0 Å². The van der Waals surface area contributed by atoms with E-state index in [-0.39, 0.29) is 12.4 Å². The van der Waals surface area contributed by atoms with Crippen molar-refractivity contribution in [1.82, 2.24) is 10.2 Å². The molecule has 4 heteroatoms. The van der Waals surface area contributed by atoms with E-state index in [9.17, 15) is 0 Å². The Balaban J connectivity index is 0.000000490. The second kappa shape index (κ2) is 3.05. The van der Waals surface area contributed by atoms with Crippen LogP contribution in [0.3, 0.4) is 0 Å². The van der Waals surface area contributed by atoms with Gasteiger partial charge < -0.3 is 0 Å². The van der Waals surface area contributed by atoms with Gasteiger partial charge in [-0.2, -0.15) is 10.4 Å². The Bertz CT molecular complexity index is 174. The summed E-state index contributed by atoms with van der Waals surface area (Å²) in [6.07, 6.45) is 3.01. The number of H-pyrrole nitrogens is 1. The van der Waals surface area contributed by atoms with Crippen LogP contribution in [-0.2, 0) is 0 Å². The molecule has 0 spiro atoms. The van der Waals surface area contributed by atoms with Crippen molar-refractivity contribution in [3.8, 4) is 6.07 Å². The lowest BCUT2D eigenvalue weighted by molar-refractivity contribution is 1.09. The minimum Gasteiger partial charge on any atom is -0.284 e. The maximum Gasteiger partial charge on any atom is 0.102 e. The first-order valence-corrected chi connectivity index (χ1v) is 1.82. The first kappa shape index (κ1) is 6.99. The lowest BCUT2D eigenvalue weighted by Crippen LogP contribution is -1.56. The number of hydrogen-bond donors (Lipinski definition) is 1. The van der Waals surface area contributed by atoms with Crippen molar-refractivity contribution >= 4 is 12.4 Å². The summed E-state index contributed by atoms with van der Waals surface area (Å²) in [4.78, 5) is 0. The molecule has 8 heavy (non-hydrogen) atoms. The third-order valence-corrected chi connectivity index (χ3v) is 0.627. The average molecular weight is 130 g/mol. The molecule has 0 fully saturated rings. The molecular weight excluding hydrogens is 126 g/mol. The van der Waals surface area contributed by atoms with Crippen LogP contribution in [-0.4, -0.2) is 10.2 Å². The second-order valence-corrected chi connectivity index (χ2v) is 1.10. The molecule has 0 aliphatic heterocycles. The van der Waals surface area contributed by atoms with Gasteiger partial charge in [-0.05, 0) is 0 Å². The standard InChI is InChI=1S/C4H3N3.ClH/c5-1-4-2-6-7-3-4;/h2-3H,(H,6,7);1H. The highest BCUT2D eigenvalue weighted by Crippen LogP contribution is 1.85. The summed E-state index contributed by atoms with van der Waals surface area (Å²) in [6.45, 7) is 0. The Morgan fingerprint density at radius 3 is 2.75 bits per heavy atom. The van der Waals surface area contributed by atoms with E-state index in [0.717, 1.165) is 0 Å². The molecule has 1 heterocycles. The molecule has 3 nitrogen and oxygen atoms in total. The number of nitrogens with one attached hydrogen (secondary N) is 1. The largest absolute Gasteiger partial charge is 0.284 e. The average Bonchev–Trinajstić information content (AvgIpc) is 2.14. The van der Waals surface area contributed by atoms with Crippen molar-refractivity contribution in [3.05, 3.63) is 18.0 Å². The van der Waals surface area contributed by atoms with Crippen LogP contribution in [0.5, 0.6) is 0 Å². The predicted octanol–water partition coefficient (Wildman–Crippen LogP) is 0.703. The van der Waals surface area contributed by atoms with Crippen LogP contribution in [0.25, 0.3) is 0 Å². The van der Waals surface area contributed by atoms with E-state index in [1.807, 2.05) is 6.07 Å². The number of nitriles is 1. The van der Waals surface area contributed by atoms with E-state index in [1.165, 1.54) is 6.20 Å². The van der Waals surface area contributed by atoms with Crippen molar-refractivity contribution in [3.63, 3.8) is 0 Å².